The van der Waals surface area contributed by atoms with Crippen LogP contribution in [0.2, 0.25) is 0 Å². The molecule has 0 bridgehead atoms. The minimum atomic E-state index is -0.482. The number of para-hydroxylation sites is 1. The van der Waals surface area contributed by atoms with Crippen LogP contribution in [0.5, 0.6) is 0 Å². The third-order valence-electron chi connectivity index (χ3n) is 5.86. The highest BCUT2D eigenvalue weighted by atomic mass is 16.3. The summed E-state index contributed by atoms with van der Waals surface area (Å²) in [7, 11) is 0. The minimum Gasteiger partial charge on any atom is -0.387 e. The lowest BCUT2D eigenvalue weighted by Gasteiger charge is -2.43. The van der Waals surface area contributed by atoms with Crippen LogP contribution in [0.4, 0.5) is 0 Å². The van der Waals surface area contributed by atoms with Crippen molar-refractivity contribution in [1.82, 2.24) is 10.3 Å². The van der Waals surface area contributed by atoms with Gasteiger partial charge in [-0.2, -0.15) is 0 Å². The van der Waals surface area contributed by atoms with E-state index in [9.17, 15) is 5.11 Å². The maximum atomic E-state index is 11.0. The Kier molecular flexibility index (Phi) is 3.92. The summed E-state index contributed by atoms with van der Waals surface area (Å²) in [6.45, 7) is 4.95. The fourth-order valence-corrected chi connectivity index (χ4v) is 4.52. The van der Waals surface area contributed by atoms with Gasteiger partial charge >= 0.3 is 0 Å². The zero-order valence-electron chi connectivity index (χ0n) is 13.4. The van der Waals surface area contributed by atoms with Crippen LogP contribution in [0.15, 0.2) is 49.2 Å². The highest BCUT2D eigenvalue weighted by Gasteiger charge is 2.42. The number of hydrogen-bond donors (Lipinski definition) is 2. The second-order valence-electron chi connectivity index (χ2n) is 7.01. The number of rotatable bonds is 3. The van der Waals surface area contributed by atoms with Crippen LogP contribution in [0, 0.1) is 17.8 Å². The predicted octanol–water partition coefficient (Wildman–Crippen LogP) is 3.46. The van der Waals surface area contributed by atoms with E-state index in [1.807, 2.05) is 24.3 Å². The van der Waals surface area contributed by atoms with Gasteiger partial charge in [0, 0.05) is 17.6 Å². The molecule has 120 valence electrons. The zero-order valence-corrected chi connectivity index (χ0v) is 13.4. The maximum Gasteiger partial charge on any atom is 0.0950 e. The van der Waals surface area contributed by atoms with Gasteiger partial charge in [0.25, 0.3) is 0 Å². The molecule has 2 unspecified atom stereocenters. The van der Waals surface area contributed by atoms with Gasteiger partial charge in [-0.3, -0.25) is 4.98 Å². The van der Waals surface area contributed by atoms with Crippen molar-refractivity contribution in [2.75, 3.05) is 6.54 Å². The molecule has 0 spiro atoms. The van der Waals surface area contributed by atoms with E-state index in [1.165, 1.54) is 12.8 Å². The van der Waals surface area contributed by atoms with Gasteiger partial charge in [0.2, 0.25) is 0 Å². The summed E-state index contributed by atoms with van der Waals surface area (Å²) in [6.07, 6.45) is 6.92. The zero-order chi connectivity index (χ0) is 15.8. The van der Waals surface area contributed by atoms with E-state index in [4.69, 9.17) is 0 Å². The number of hydrogen-bond acceptors (Lipinski definition) is 3. The standard InChI is InChI=1S/C20H24N2O/c1-2-13-11-14-12-19(22-9-7-15(13)14)20(23)17-8-10-21-18-6-4-3-5-16(17)18/h2-6,8,10,13-15,19-20,22-23H,1,7,9,11-12H2/t13-,14?,15?,19+,20-/m0/s1. The number of allylic oxidation sites excluding steroid dienone is 1. The first kappa shape index (κ1) is 14.9. The molecule has 2 heterocycles. The summed E-state index contributed by atoms with van der Waals surface area (Å²) >= 11 is 0. The number of fused-ring (bicyclic) bond motifs is 2. The molecule has 2 N–H and O–H groups in total. The molecular formula is C20H24N2O. The second kappa shape index (κ2) is 6.06. The lowest BCUT2D eigenvalue weighted by molar-refractivity contribution is 0.0708. The van der Waals surface area contributed by atoms with E-state index in [-0.39, 0.29) is 6.04 Å². The molecule has 5 atom stereocenters. The Labute approximate surface area is 137 Å². The molecular weight excluding hydrogens is 284 g/mol. The fraction of sp³-hybridized carbons (Fsp3) is 0.450. The lowest BCUT2D eigenvalue weighted by Crippen LogP contribution is -2.38. The predicted molar refractivity (Wildman–Crippen MR) is 93.0 cm³/mol. The molecule has 3 heteroatoms. The van der Waals surface area contributed by atoms with Crippen molar-refractivity contribution in [3.63, 3.8) is 0 Å². The third kappa shape index (κ3) is 2.58. The number of aromatic nitrogens is 1. The summed E-state index contributed by atoms with van der Waals surface area (Å²) < 4.78 is 0. The molecule has 23 heavy (non-hydrogen) atoms. The van der Waals surface area contributed by atoms with E-state index < -0.39 is 6.10 Å². The van der Waals surface area contributed by atoms with E-state index in [2.05, 4.69) is 29.0 Å². The molecule has 0 radical (unpaired) electrons. The average molecular weight is 308 g/mol. The molecule has 1 aliphatic heterocycles. The lowest BCUT2D eigenvalue weighted by atomic mass is 9.62. The topological polar surface area (TPSA) is 45.2 Å². The van der Waals surface area contributed by atoms with Gasteiger partial charge in [0.15, 0.2) is 0 Å². The van der Waals surface area contributed by atoms with Crippen molar-refractivity contribution in [1.29, 1.82) is 0 Å². The van der Waals surface area contributed by atoms with Crippen LogP contribution in [0.1, 0.15) is 30.9 Å². The maximum absolute atomic E-state index is 11.0. The Morgan fingerprint density at radius 3 is 3.00 bits per heavy atom. The molecule has 2 aliphatic rings. The number of nitrogens with one attached hydrogen (secondary N) is 1. The van der Waals surface area contributed by atoms with Gasteiger partial charge in [0.1, 0.15) is 0 Å². The van der Waals surface area contributed by atoms with E-state index in [1.54, 1.807) is 6.20 Å². The monoisotopic (exact) mass is 308 g/mol. The third-order valence-corrected chi connectivity index (χ3v) is 5.86. The molecule has 1 aromatic heterocycles. The Bertz CT molecular complexity index is 708. The van der Waals surface area contributed by atoms with Crippen LogP contribution in [-0.4, -0.2) is 22.7 Å². The molecule has 0 amide bonds. The van der Waals surface area contributed by atoms with E-state index in [0.717, 1.165) is 41.3 Å². The number of pyridine rings is 1. The van der Waals surface area contributed by atoms with Crippen LogP contribution in [0.3, 0.4) is 0 Å². The quantitative estimate of drug-likeness (QED) is 0.854. The van der Waals surface area contributed by atoms with Gasteiger partial charge in [-0.1, -0.05) is 24.3 Å². The highest BCUT2D eigenvalue weighted by Crippen LogP contribution is 2.47. The Hall–Kier alpha value is -1.71. The molecule has 1 saturated heterocycles. The Morgan fingerprint density at radius 1 is 1.26 bits per heavy atom. The summed E-state index contributed by atoms with van der Waals surface area (Å²) in [4.78, 5) is 4.40. The number of aliphatic hydroxyl groups is 1. The minimum absolute atomic E-state index is 0.126. The number of nitrogens with zero attached hydrogens (tertiary/aromatic N) is 1. The van der Waals surface area contributed by atoms with Crippen LogP contribution < -0.4 is 5.32 Å². The summed E-state index contributed by atoms with van der Waals surface area (Å²) in [5.74, 6) is 2.16. The molecule has 1 saturated carbocycles. The number of benzene rings is 1. The van der Waals surface area contributed by atoms with Crippen LogP contribution >= 0.6 is 0 Å². The summed E-state index contributed by atoms with van der Waals surface area (Å²) in [5.41, 5.74) is 1.94. The van der Waals surface area contributed by atoms with Gasteiger partial charge in [0.05, 0.1) is 11.6 Å². The van der Waals surface area contributed by atoms with E-state index >= 15 is 0 Å². The van der Waals surface area contributed by atoms with Crippen molar-refractivity contribution in [2.45, 2.75) is 31.4 Å². The second-order valence-corrected chi connectivity index (χ2v) is 7.01. The summed E-state index contributed by atoms with van der Waals surface area (Å²) in [6, 6.07) is 10.1. The van der Waals surface area contributed by atoms with Crippen molar-refractivity contribution < 1.29 is 5.11 Å². The molecule has 2 fully saturated rings. The first-order valence-corrected chi connectivity index (χ1v) is 8.65. The van der Waals surface area contributed by atoms with Crippen molar-refractivity contribution >= 4 is 10.9 Å². The first-order valence-electron chi connectivity index (χ1n) is 8.65. The van der Waals surface area contributed by atoms with Crippen molar-refractivity contribution in [2.24, 2.45) is 17.8 Å². The van der Waals surface area contributed by atoms with E-state index in [0.29, 0.717) is 5.92 Å². The summed E-state index contributed by atoms with van der Waals surface area (Å²) in [5, 5.41) is 15.7. The Morgan fingerprint density at radius 2 is 2.13 bits per heavy atom. The van der Waals surface area contributed by atoms with Crippen molar-refractivity contribution in [3.05, 3.63) is 54.7 Å². The first-order chi connectivity index (χ1) is 11.3. The van der Waals surface area contributed by atoms with Gasteiger partial charge in [-0.15, -0.1) is 6.58 Å². The smallest absolute Gasteiger partial charge is 0.0950 e. The van der Waals surface area contributed by atoms with Gasteiger partial charge in [-0.05, 0) is 61.3 Å². The molecule has 1 aliphatic carbocycles. The van der Waals surface area contributed by atoms with Gasteiger partial charge in [-0.25, -0.2) is 0 Å². The molecule has 2 aromatic rings. The number of aliphatic hydroxyl groups excluding tert-OH is 1. The SMILES string of the molecule is C=C[C@H]1CC2C[C@H]([C@@H](O)c3ccnc4ccccc34)NCCC21. The molecule has 3 nitrogen and oxygen atoms in total. The highest BCUT2D eigenvalue weighted by molar-refractivity contribution is 5.82. The largest absolute Gasteiger partial charge is 0.387 e. The normalized spacial score (nSPS) is 31.7. The average Bonchev–Trinajstić information content (AvgIpc) is 2.74. The van der Waals surface area contributed by atoms with Crippen LogP contribution in [-0.2, 0) is 0 Å². The molecule has 1 aromatic carbocycles. The Balaban J connectivity index is 1.59. The fourth-order valence-electron chi connectivity index (χ4n) is 4.52. The molecule has 4 rings (SSSR count). The van der Waals surface area contributed by atoms with Gasteiger partial charge < -0.3 is 10.4 Å². The van der Waals surface area contributed by atoms with Crippen LogP contribution in [0.25, 0.3) is 10.9 Å². The van der Waals surface area contributed by atoms with Crippen molar-refractivity contribution in [3.8, 4) is 0 Å².